The van der Waals surface area contributed by atoms with Crippen LogP contribution in [0.25, 0.3) is 0 Å². The molecular weight excluding hydrogens is 396 g/mol. The van der Waals surface area contributed by atoms with Gasteiger partial charge >= 0.3 is 0 Å². The maximum atomic E-state index is 8.67. The minimum Gasteiger partial charge on any atom is -0.284 e. The summed E-state index contributed by atoms with van der Waals surface area (Å²) in [5, 5.41) is 0. The molecule has 0 aliphatic rings. The molecule has 6 heavy (non-hydrogen) atoms. The molecule has 0 unspecified atom stereocenters. The van der Waals surface area contributed by atoms with Gasteiger partial charge < -0.3 is 0 Å². The summed E-state index contributed by atoms with van der Waals surface area (Å²) in [4.78, 5) is 0. The van der Waals surface area contributed by atoms with Gasteiger partial charge in [-0.15, -0.1) is 0 Å². The molecule has 0 heterocycles. The first-order valence-corrected chi connectivity index (χ1v) is 1.60. The van der Waals surface area contributed by atoms with E-state index >= 15 is 0 Å². The second-order valence-electron chi connectivity index (χ2n) is 0.231. The molecule has 1 radical (unpaired) electrons. The second kappa shape index (κ2) is 10.6. The molecule has 0 fully saturated rings. The molecular formula is H2GdO3STb. The van der Waals surface area contributed by atoms with Crippen molar-refractivity contribution in [3.05, 3.63) is 0 Å². The molecule has 0 rings (SSSR count). The average Bonchev–Trinajstić information content (AvgIpc) is 0.811. The van der Waals surface area contributed by atoms with Crippen LogP contribution < -0.4 is 0 Å². The maximum Gasteiger partial charge on any atom is 0.299 e. The molecule has 0 aliphatic carbocycles. The van der Waals surface area contributed by atoms with Crippen LogP contribution in [0.3, 0.4) is 0 Å². The molecule has 6 heteroatoms. The van der Waals surface area contributed by atoms with Crippen LogP contribution in [0.1, 0.15) is 0 Å². The summed E-state index contributed by atoms with van der Waals surface area (Å²) in [6.07, 6.45) is 0. The van der Waals surface area contributed by atoms with Crippen LogP contribution >= 0.6 is 0 Å². The van der Waals surface area contributed by atoms with Gasteiger partial charge in [-0.05, 0) is 0 Å². The second-order valence-corrected chi connectivity index (χ2v) is 0.692. The molecule has 0 amide bonds. The summed E-state index contributed by atoms with van der Waals surface area (Å²) < 4.78 is 22.8. The Morgan fingerprint density at radius 1 is 1.33 bits per heavy atom. The van der Waals surface area contributed by atoms with Crippen LogP contribution in [0, 0.1) is 78.6 Å². The summed E-state index contributed by atoms with van der Waals surface area (Å²) in [6, 6.07) is 0. The zero-order valence-corrected chi connectivity index (χ0v) is 7.62. The Morgan fingerprint density at radius 3 is 1.33 bits per heavy atom. The molecule has 2 N–H and O–H groups in total. The van der Waals surface area contributed by atoms with Crippen LogP contribution in [0.2, 0.25) is 0 Å². The van der Waals surface area contributed by atoms with E-state index in [1.165, 1.54) is 0 Å². The van der Waals surface area contributed by atoms with Crippen LogP contribution in [-0.4, -0.2) is 13.3 Å². The largest absolute Gasteiger partial charge is 0.299 e. The molecule has 0 saturated carbocycles. The Kier molecular flexibility index (Phi) is 28.1. The van der Waals surface area contributed by atoms with Gasteiger partial charge in [0.25, 0.3) is 11.4 Å². The molecule has 0 atom stereocenters. The van der Waals surface area contributed by atoms with Crippen LogP contribution in [-0.2, 0) is 11.4 Å². The van der Waals surface area contributed by atoms with Gasteiger partial charge in [-0.1, -0.05) is 0 Å². The molecule has 0 saturated heterocycles. The smallest absolute Gasteiger partial charge is 0.284 e. The van der Waals surface area contributed by atoms with Crippen molar-refractivity contribution in [3.63, 3.8) is 0 Å². The van der Waals surface area contributed by atoms with E-state index in [1.807, 2.05) is 0 Å². The van der Waals surface area contributed by atoms with E-state index in [1.54, 1.807) is 0 Å². The van der Waals surface area contributed by atoms with Crippen molar-refractivity contribution < 1.29 is 91.9 Å². The average molecular weight is 398 g/mol. The van der Waals surface area contributed by atoms with Crippen molar-refractivity contribution in [1.29, 1.82) is 0 Å². The third-order valence-electron chi connectivity index (χ3n) is 0. The summed E-state index contributed by atoms with van der Waals surface area (Å²) in [5.41, 5.74) is 0. The first-order chi connectivity index (χ1) is 1.73. The molecule has 0 aliphatic heterocycles. The van der Waals surface area contributed by atoms with Crippen molar-refractivity contribution >= 4 is 11.4 Å². The van der Waals surface area contributed by atoms with Crippen LogP contribution in [0.5, 0.6) is 0 Å². The Labute approximate surface area is 101 Å². The van der Waals surface area contributed by atoms with Gasteiger partial charge in [0, 0.05) is 78.6 Å². The van der Waals surface area contributed by atoms with E-state index in [2.05, 4.69) is 0 Å². The third kappa shape index (κ3) is 30.0. The van der Waals surface area contributed by atoms with Gasteiger partial charge in [0.2, 0.25) is 0 Å². The molecule has 0 aromatic rings. The fourth-order valence-electron chi connectivity index (χ4n) is 0. The van der Waals surface area contributed by atoms with Crippen molar-refractivity contribution in [2.75, 3.05) is 0 Å². The number of hydrogen-bond donors (Lipinski definition) is 2. The van der Waals surface area contributed by atoms with Crippen LogP contribution in [0.15, 0.2) is 0 Å². The third-order valence-corrected chi connectivity index (χ3v) is 0. The van der Waals surface area contributed by atoms with Gasteiger partial charge in [-0.3, -0.25) is 9.11 Å². The molecule has 0 bridgehead atoms. The van der Waals surface area contributed by atoms with Crippen molar-refractivity contribution in [3.8, 4) is 0 Å². The van der Waals surface area contributed by atoms with Gasteiger partial charge in [-0.2, -0.15) is 4.21 Å². The minimum absolute atomic E-state index is 0. The maximum absolute atomic E-state index is 8.67. The van der Waals surface area contributed by atoms with Gasteiger partial charge in [0.05, 0.1) is 0 Å². The zero-order valence-electron chi connectivity index (χ0n) is 2.40. The molecule has 43 valence electrons. The summed E-state index contributed by atoms with van der Waals surface area (Å²) >= 11 is -2.61. The topological polar surface area (TPSA) is 57.5 Å². The standard InChI is InChI=1S/Gd.H2O3S.Tb/c;1-4(2)3;/h;(H2,1,2,3);. The summed E-state index contributed by atoms with van der Waals surface area (Å²) in [6.45, 7) is 0. The Balaban J connectivity index is -0.0000000450. The van der Waals surface area contributed by atoms with Crippen molar-refractivity contribution in [1.82, 2.24) is 0 Å². The van der Waals surface area contributed by atoms with Gasteiger partial charge in [0.1, 0.15) is 0 Å². The number of hydrogen-bond acceptors (Lipinski definition) is 1. The van der Waals surface area contributed by atoms with Crippen molar-refractivity contribution in [2.45, 2.75) is 0 Å². The van der Waals surface area contributed by atoms with Crippen molar-refractivity contribution in [2.24, 2.45) is 0 Å². The zero-order chi connectivity index (χ0) is 3.58. The molecule has 3 nitrogen and oxygen atoms in total. The Morgan fingerprint density at radius 2 is 1.33 bits per heavy atom. The minimum atomic E-state index is -2.61. The van der Waals surface area contributed by atoms with Gasteiger partial charge in [-0.25, -0.2) is 0 Å². The first kappa shape index (κ1) is 15.9. The molecule has 0 aromatic carbocycles. The quantitative estimate of drug-likeness (QED) is 0.551. The van der Waals surface area contributed by atoms with Gasteiger partial charge in [0.15, 0.2) is 0 Å². The molecule has 0 aromatic heterocycles. The van der Waals surface area contributed by atoms with E-state index < -0.39 is 11.4 Å². The monoisotopic (exact) mass is 399 g/mol. The van der Waals surface area contributed by atoms with E-state index in [9.17, 15) is 0 Å². The number of rotatable bonds is 0. The Bertz CT molecular complexity index is 33.8. The fourth-order valence-corrected chi connectivity index (χ4v) is 0. The predicted octanol–water partition coefficient (Wildman–Crippen LogP) is -0.319. The van der Waals surface area contributed by atoms with Crippen LogP contribution in [0.4, 0.5) is 0 Å². The fraction of sp³-hybridized carbons (Fsp3) is 0. The predicted molar refractivity (Wildman–Crippen MR) is 13.4 cm³/mol. The first-order valence-electron chi connectivity index (χ1n) is 0.532. The Hall–Kier alpha value is 2.68. The van der Waals surface area contributed by atoms with E-state index in [-0.39, 0.29) is 78.6 Å². The van der Waals surface area contributed by atoms with E-state index in [4.69, 9.17) is 13.3 Å². The summed E-state index contributed by atoms with van der Waals surface area (Å²) in [7, 11) is 0. The summed E-state index contributed by atoms with van der Waals surface area (Å²) in [5.74, 6) is 0. The SMILES string of the molecule is O=S(O)O.[Gd].[Tb]. The molecule has 0 spiro atoms. The normalized spacial score (nSPS) is 5.83. The van der Waals surface area contributed by atoms with E-state index in [0.717, 1.165) is 0 Å². The van der Waals surface area contributed by atoms with E-state index in [0.29, 0.717) is 0 Å².